The molecule has 0 saturated carbocycles. The van der Waals surface area contributed by atoms with Crippen LogP contribution in [-0.2, 0) is 18.2 Å². The van der Waals surface area contributed by atoms with Crippen LogP contribution in [0.4, 0.5) is 11.5 Å². The van der Waals surface area contributed by atoms with Crippen LogP contribution < -0.4 is 10.6 Å². The van der Waals surface area contributed by atoms with Gasteiger partial charge in [0.1, 0.15) is 0 Å². The van der Waals surface area contributed by atoms with Gasteiger partial charge in [-0.3, -0.25) is 4.68 Å². The molecular formula is C13H24N4O. The molecule has 1 saturated heterocycles. The topological polar surface area (TPSA) is 56.3 Å². The molecule has 1 aliphatic rings. The van der Waals surface area contributed by atoms with E-state index < -0.39 is 0 Å². The molecule has 0 amide bonds. The first kappa shape index (κ1) is 13.2. The first-order valence-electron chi connectivity index (χ1n) is 6.74. The number of nitrogens with two attached hydrogens (primary N) is 1. The van der Waals surface area contributed by atoms with Crippen LogP contribution >= 0.6 is 0 Å². The smallest absolute Gasteiger partial charge is 0.150 e. The van der Waals surface area contributed by atoms with Crippen LogP contribution in [0.15, 0.2) is 0 Å². The largest absolute Gasteiger partial charge is 0.394 e. The highest BCUT2D eigenvalue weighted by Crippen LogP contribution is 2.29. The lowest BCUT2D eigenvalue weighted by Gasteiger charge is -2.36. The van der Waals surface area contributed by atoms with E-state index in [1.807, 2.05) is 11.7 Å². The maximum Gasteiger partial charge on any atom is 0.150 e. The second-order valence-corrected chi connectivity index (χ2v) is 5.22. The lowest BCUT2D eigenvalue weighted by Crippen LogP contribution is -2.46. The number of hydrogen-bond donors (Lipinski definition) is 1. The van der Waals surface area contributed by atoms with E-state index in [1.165, 1.54) is 0 Å². The minimum atomic E-state index is 0.234. The maximum absolute atomic E-state index is 6.25. The number of anilines is 2. The van der Waals surface area contributed by atoms with Gasteiger partial charge < -0.3 is 15.4 Å². The molecule has 2 heterocycles. The van der Waals surface area contributed by atoms with Crippen molar-refractivity contribution in [1.82, 2.24) is 9.78 Å². The van der Waals surface area contributed by atoms with E-state index in [0.29, 0.717) is 0 Å². The molecule has 18 heavy (non-hydrogen) atoms. The number of rotatable bonds is 3. The second-order valence-electron chi connectivity index (χ2n) is 5.22. The Bertz CT molecular complexity index is 405. The lowest BCUT2D eigenvalue weighted by molar-refractivity contribution is -0.00560. The zero-order valence-corrected chi connectivity index (χ0v) is 11.8. The molecule has 5 heteroatoms. The van der Waals surface area contributed by atoms with Gasteiger partial charge in [-0.1, -0.05) is 13.3 Å². The Morgan fingerprint density at radius 1 is 1.33 bits per heavy atom. The maximum atomic E-state index is 6.25. The van der Waals surface area contributed by atoms with Gasteiger partial charge in [0, 0.05) is 20.1 Å². The zero-order chi connectivity index (χ0) is 13.3. The van der Waals surface area contributed by atoms with Gasteiger partial charge in [0.2, 0.25) is 0 Å². The summed E-state index contributed by atoms with van der Waals surface area (Å²) in [6.45, 7) is 8.09. The minimum absolute atomic E-state index is 0.234. The number of nitrogen functional groups attached to an aromatic ring is 1. The zero-order valence-electron chi connectivity index (χ0n) is 11.8. The Morgan fingerprint density at radius 3 is 2.50 bits per heavy atom. The number of nitrogens with zero attached hydrogens (tertiary/aromatic N) is 3. The van der Waals surface area contributed by atoms with Crippen molar-refractivity contribution in [2.75, 3.05) is 23.7 Å². The molecule has 0 radical (unpaired) electrons. The van der Waals surface area contributed by atoms with Crippen LogP contribution in [0.2, 0.25) is 0 Å². The molecule has 1 aliphatic heterocycles. The van der Waals surface area contributed by atoms with Gasteiger partial charge in [0.15, 0.2) is 5.82 Å². The van der Waals surface area contributed by atoms with Crippen LogP contribution in [0.1, 0.15) is 32.9 Å². The molecular weight excluding hydrogens is 228 g/mol. The van der Waals surface area contributed by atoms with Gasteiger partial charge in [-0.15, -0.1) is 0 Å². The fourth-order valence-electron chi connectivity index (χ4n) is 2.73. The van der Waals surface area contributed by atoms with Crippen LogP contribution in [0.25, 0.3) is 0 Å². The van der Waals surface area contributed by atoms with Crippen molar-refractivity contribution < 1.29 is 4.74 Å². The highest BCUT2D eigenvalue weighted by molar-refractivity contribution is 5.66. The predicted molar refractivity (Wildman–Crippen MR) is 73.8 cm³/mol. The van der Waals surface area contributed by atoms with Gasteiger partial charge in [-0.2, -0.15) is 5.10 Å². The van der Waals surface area contributed by atoms with Crippen LogP contribution in [0.5, 0.6) is 0 Å². The highest BCUT2D eigenvalue weighted by Gasteiger charge is 2.27. The van der Waals surface area contributed by atoms with Gasteiger partial charge in [-0.05, 0) is 20.3 Å². The Balaban J connectivity index is 2.26. The quantitative estimate of drug-likeness (QED) is 0.887. The van der Waals surface area contributed by atoms with Gasteiger partial charge in [-0.25, -0.2) is 0 Å². The molecule has 2 atom stereocenters. The summed E-state index contributed by atoms with van der Waals surface area (Å²) in [5.41, 5.74) is 8.10. The molecule has 0 bridgehead atoms. The van der Waals surface area contributed by atoms with Gasteiger partial charge in [0.25, 0.3) is 0 Å². The molecule has 0 spiro atoms. The van der Waals surface area contributed by atoms with Crippen molar-refractivity contribution in [3.8, 4) is 0 Å². The van der Waals surface area contributed by atoms with Crippen molar-refractivity contribution in [2.24, 2.45) is 7.05 Å². The van der Waals surface area contributed by atoms with Gasteiger partial charge >= 0.3 is 0 Å². The van der Waals surface area contributed by atoms with Crippen LogP contribution in [-0.4, -0.2) is 35.1 Å². The third-order valence-corrected chi connectivity index (χ3v) is 3.33. The molecule has 2 unspecified atom stereocenters. The fraction of sp³-hybridized carbons (Fsp3) is 0.769. The summed E-state index contributed by atoms with van der Waals surface area (Å²) in [6.07, 6.45) is 2.47. The minimum Gasteiger partial charge on any atom is -0.394 e. The number of hydrogen-bond acceptors (Lipinski definition) is 4. The molecule has 2 N–H and O–H groups in total. The summed E-state index contributed by atoms with van der Waals surface area (Å²) >= 11 is 0. The SMILES string of the molecule is CCCc1nn(C)c(N2CC(C)OC(C)C2)c1N. The molecule has 1 fully saturated rings. The number of aromatic nitrogens is 2. The molecule has 102 valence electrons. The summed E-state index contributed by atoms with van der Waals surface area (Å²) in [7, 11) is 1.97. The number of morpholine rings is 1. The van der Waals surface area contributed by atoms with Crippen molar-refractivity contribution in [3.63, 3.8) is 0 Å². The Labute approximate surface area is 109 Å². The molecule has 1 aromatic rings. The molecule has 5 nitrogen and oxygen atoms in total. The van der Waals surface area contributed by atoms with Crippen LogP contribution in [0, 0.1) is 0 Å². The van der Waals surface area contributed by atoms with E-state index in [4.69, 9.17) is 10.5 Å². The first-order valence-corrected chi connectivity index (χ1v) is 6.74. The summed E-state index contributed by atoms with van der Waals surface area (Å²) in [6, 6.07) is 0. The summed E-state index contributed by atoms with van der Waals surface area (Å²) < 4.78 is 7.67. The van der Waals surface area contributed by atoms with Crippen molar-refractivity contribution in [1.29, 1.82) is 0 Å². The standard InChI is InChI=1S/C13H24N4O/c1-5-6-11-12(14)13(16(4)15-11)17-7-9(2)18-10(3)8-17/h9-10H,5-8,14H2,1-4H3. The van der Waals surface area contributed by atoms with Crippen molar-refractivity contribution in [2.45, 2.75) is 45.8 Å². The van der Waals surface area contributed by atoms with Crippen LogP contribution in [0.3, 0.4) is 0 Å². The molecule has 0 aromatic carbocycles. The molecule has 0 aliphatic carbocycles. The Hall–Kier alpha value is -1.23. The van der Waals surface area contributed by atoms with E-state index in [1.54, 1.807) is 0 Å². The van der Waals surface area contributed by atoms with E-state index in [-0.39, 0.29) is 12.2 Å². The average Bonchev–Trinajstić information content (AvgIpc) is 2.53. The van der Waals surface area contributed by atoms with E-state index >= 15 is 0 Å². The third kappa shape index (κ3) is 2.46. The van der Waals surface area contributed by atoms with Crippen molar-refractivity contribution in [3.05, 3.63) is 5.69 Å². The summed E-state index contributed by atoms with van der Waals surface area (Å²) in [5.74, 6) is 1.04. The predicted octanol–water partition coefficient (Wildman–Crippen LogP) is 1.57. The normalized spacial score (nSPS) is 24.6. The Morgan fingerprint density at radius 2 is 1.94 bits per heavy atom. The Kier molecular flexibility index (Phi) is 3.80. The van der Waals surface area contributed by atoms with E-state index in [9.17, 15) is 0 Å². The number of aryl methyl sites for hydroxylation is 2. The second kappa shape index (κ2) is 5.18. The average molecular weight is 252 g/mol. The molecule has 2 rings (SSSR count). The lowest BCUT2D eigenvalue weighted by atomic mass is 10.2. The van der Waals surface area contributed by atoms with E-state index in [0.717, 1.165) is 43.1 Å². The summed E-state index contributed by atoms with van der Waals surface area (Å²) in [5, 5.41) is 4.53. The first-order chi connectivity index (χ1) is 8.52. The van der Waals surface area contributed by atoms with Gasteiger partial charge in [0.05, 0.1) is 23.6 Å². The summed E-state index contributed by atoms with van der Waals surface area (Å²) in [4.78, 5) is 2.29. The van der Waals surface area contributed by atoms with E-state index in [2.05, 4.69) is 30.8 Å². The van der Waals surface area contributed by atoms with Crippen molar-refractivity contribution >= 4 is 11.5 Å². The third-order valence-electron chi connectivity index (χ3n) is 3.33. The highest BCUT2D eigenvalue weighted by atomic mass is 16.5. The number of ether oxygens (including phenoxy) is 1. The monoisotopic (exact) mass is 252 g/mol. The molecule has 1 aromatic heterocycles. The fourth-order valence-corrected chi connectivity index (χ4v) is 2.73.